The standard InChI is InChI=1S/C18H27N3O/c1-15-8-12-21(13-9-15)18(22)17-7-6-16(14-19-17)20-10-4-2-3-5-11-20/h6-7,14-15H,2-5,8-13H2,1H3. The van der Waals surface area contributed by atoms with Crippen molar-refractivity contribution in [1.82, 2.24) is 9.88 Å². The van der Waals surface area contributed by atoms with Crippen molar-refractivity contribution < 1.29 is 4.79 Å². The number of nitrogens with zero attached hydrogens (tertiary/aromatic N) is 3. The van der Waals surface area contributed by atoms with Crippen LogP contribution < -0.4 is 4.90 Å². The minimum absolute atomic E-state index is 0.0920. The van der Waals surface area contributed by atoms with Gasteiger partial charge in [0.05, 0.1) is 11.9 Å². The van der Waals surface area contributed by atoms with E-state index in [1.807, 2.05) is 17.2 Å². The molecule has 0 unspecified atom stereocenters. The van der Waals surface area contributed by atoms with Gasteiger partial charge in [-0.3, -0.25) is 4.79 Å². The zero-order valence-electron chi connectivity index (χ0n) is 13.6. The van der Waals surface area contributed by atoms with Crippen LogP contribution in [0.3, 0.4) is 0 Å². The van der Waals surface area contributed by atoms with Crippen LogP contribution in [0.25, 0.3) is 0 Å². The quantitative estimate of drug-likeness (QED) is 0.840. The molecular formula is C18H27N3O. The third-order valence-corrected chi connectivity index (χ3v) is 5.01. The summed E-state index contributed by atoms with van der Waals surface area (Å²) in [5.41, 5.74) is 1.75. The molecule has 1 aromatic heterocycles. The molecule has 3 rings (SSSR count). The lowest BCUT2D eigenvalue weighted by atomic mass is 9.99. The molecule has 0 saturated carbocycles. The lowest BCUT2D eigenvalue weighted by molar-refractivity contribution is 0.0691. The van der Waals surface area contributed by atoms with Crippen molar-refractivity contribution in [3.8, 4) is 0 Å². The number of piperidine rings is 1. The van der Waals surface area contributed by atoms with E-state index in [0.29, 0.717) is 5.69 Å². The number of rotatable bonds is 2. The van der Waals surface area contributed by atoms with E-state index in [-0.39, 0.29) is 5.91 Å². The van der Waals surface area contributed by atoms with Gasteiger partial charge in [0.25, 0.3) is 5.91 Å². The Hall–Kier alpha value is -1.58. The molecule has 0 radical (unpaired) electrons. The first-order valence-corrected chi connectivity index (χ1v) is 8.74. The molecule has 0 bridgehead atoms. The average molecular weight is 301 g/mol. The summed E-state index contributed by atoms with van der Waals surface area (Å²) < 4.78 is 0. The van der Waals surface area contributed by atoms with Crippen LogP contribution in [0.4, 0.5) is 5.69 Å². The molecule has 0 N–H and O–H groups in total. The number of likely N-dealkylation sites (tertiary alicyclic amines) is 1. The molecule has 4 heteroatoms. The molecule has 2 saturated heterocycles. The average Bonchev–Trinajstić information content (AvgIpc) is 2.84. The maximum Gasteiger partial charge on any atom is 0.272 e. The van der Waals surface area contributed by atoms with Gasteiger partial charge in [-0.05, 0) is 43.7 Å². The van der Waals surface area contributed by atoms with Gasteiger partial charge in [0.1, 0.15) is 5.69 Å². The second-order valence-electron chi connectivity index (χ2n) is 6.78. The fourth-order valence-electron chi connectivity index (χ4n) is 3.40. The summed E-state index contributed by atoms with van der Waals surface area (Å²) in [6.07, 6.45) is 9.27. The number of pyridine rings is 1. The summed E-state index contributed by atoms with van der Waals surface area (Å²) in [4.78, 5) is 21.3. The number of hydrogen-bond donors (Lipinski definition) is 0. The summed E-state index contributed by atoms with van der Waals surface area (Å²) in [6, 6.07) is 3.97. The van der Waals surface area contributed by atoms with Crippen LogP contribution in [-0.4, -0.2) is 42.0 Å². The Kier molecular flexibility index (Phi) is 4.96. The largest absolute Gasteiger partial charge is 0.370 e. The van der Waals surface area contributed by atoms with Crippen molar-refractivity contribution in [2.45, 2.75) is 45.4 Å². The van der Waals surface area contributed by atoms with E-state index in [1.54, 1.807) is 0 Å². The van der Waals surface area contributed by atoms with Gasteiger partial charge in [-0.1, -0.05) is 19.8 Å². The van der Waals surface area contributed by atoms with Crippen LogP contribution in [-0.2, 0) is 0 Å². The first-order chi connectivity index (χ1) is 10.7. The highest BCUT2D eigenvalue weighted by Gasteiger charge is 2.22. The molecule has 2 aliphatic heterocycles. The van der Waals surface area contributed by atoms with Crippen molar-refractivity contribution >= 4 is 11.6 Å². The second kappa shape index (κ2) is 7.12. The van der Waals surface area contributed by atoms with Crippen LogP contribution in [0, 0.1) is 5.92 Å². The van der Waals surface area contributed by atoms with Crippen LogP contribution in [0.5, 0.6) is 0 Å². The Morgan fingerprint density at radius 3 is 2.32 bits per heavy atom. The predicted molar refractivity (Wildman–Crippen MR) is 89.2 cm³/mol. The Balaban J connectivity index is 1.64. The van der Waals surface area contributed by atoms with Crippen molar-refractivity contribution in [2.75, 3.05) is 31.1 Å². The fraction of sp³-hybridized carbons (Fsp3) is 0.667. The molecule has 3 heterocycles. The van der Waals surface area contributed by atoms with Gasteiger partial charge in [-0.25, -0.2) is 4.98 Å². The molecule has 4 nitrogen and oxygen atoms in total. The van der Waals surface area contributed by atoms with E-state index in [0.717, 1.165) is 50.6 Å². The topological polar surface area (TPSA) is 36.4 Å². The highest BCUT2D eigenvalue weighted by Crippen LogP contribution is 2.21. The summed E-state index contributed by atoms with van der Waals surface area (Å²) in [6.45, 7) is 6.22. The molecule has 2 aliphatic rings. The molecule has 2 fully saturated rings. The minimum Gasteiger partial charge on any atom is -0.370 e. The molecule has 1 aromatic rings. The zero-order chi connectivity index (χ0) is 15.4. The second-order valence-corrected chi connectivity index (χ2v) is 6.78. The van der Waals surface area contributed by atoms with Crippen LogP contribution in [0.15, 0.2) is 18.3 Å². The highest BCUT2D eigenvalue weighted by molar-refractivity contribution is 5.92. The molecule has 0 atom stereocenters. The first kappa shape index (κ1) is 15.3. The maximum absolute atomic E-state index is 12.5. The van der Waals surface area contributed by atoms with Gasteiger partial charge in [-0.15, -0.1) is 0 Å². The van der Waals surface area contributed by atoms with Crippen LogP contribution >= 0.6 is 0 Å². The van der Waals surface area contributed by atoms with E-state index in [1.165, 1.54) is 25.7 Å². The Morgan fingerprint density at radius 1 is 1.05 bits per heavy atom. The van der Waals surface area contributed by atoms with Gasteiger partial charge >= 0.3 is 0 Å². The van der Waals surface area contributed by atoms with Crippen LogP contribution in [0.1, 0.15) is 55.9 Å². The number of carbonyl (C=O) groups excluding carboxylic acids is 1. The molecule has 1 amide bonds. The number of carbonyl (C=O) groups is 1. The van der Waals surface area contributed by atoms with Crippen molar-refractivity contribution in [3.63, 3.8) is 0 Å². The lowest BCUT2D eigenvalue weighted by Gasteiger charge is -2.30. The summed E-state index contributed by atoms with van der Waals surface area (Å²) in [7, 11) is 0. The monoisotopic (exact) mass is 301 g/mol. The molecule has 0 aromatic carbocycles. The Labute approximate surface area is 133 Å². The smallest absolute Gasteiger partial charge is 0.272 e. The minimum atomic E-state index is 0.0920. The number of aromatic nitrogens is 1. The molecule has 22 heavy (non-hydrogen) atoms. The Bertz CT molecular complexity index is 484. The van der Waals surface area contributed by atoms with Crippen molar-refractivity contribution in [1.29, 1.82) is 0 Å². The van der Waals surface area contributed by atoms with E-state index in [2.05, 4.69) is 22.9 Å². The number of amides is 1. The van der Waals surface area contributed by atoms with Gasteiger partial charge < -0.3 is 9.80 Å². The van der Waals surface area contributed by atoms with Gasteiger partial charge in [0, 0.05) is 26.2 Å². The lowest BCUT2D eigenvalue weighted by Crippen LogP contribution is -2.38. The first-order valence-electron chi connectivity index (χ1n) is 8.74. The Morgan fingerprint density at radius 2 is 1.73 bits per heavy atom. The summed E-state index contributed by atoms with van der Waals surface area (Å²) >= 11 is 0. The third-order valence-electron chi connectivity index (χ3n) is 5.01. The highest BCUT2D eigenvalue weighted by atomic mass is 16.2. The van der Waals surface area contributed by atoms with E-state index < -0.39 is 0 Å². The van der Waals surface area contributed by atoms with Crippen LogP contribution in [0.2, 0.25) is 0 Å². The van der Waals surface area contributed by atoms with Gasteiger partial charge in [0.2, 0.25) is 0 Å². The normalized spacial score (nSPS) is 20.8. The van der Waals surface area contributed by atoms with Gasteiger partial charge in [0.15, 0.2) is 0 Å². The molecule has 0 aliphatic carbocycles. The molecular weight excluding hydrogens is 274 g/mol. The van der Waals surface area contributed by atoms with Crippen molar-refractivity contribution in [2.24, 2.45) is 5.92 Å². The van der Waals surface area contributed by atoms with E-state index in [9.17, 15) is 4.79 Å². The van der Waals surface area contributed by atoms with Gasteiger partial charge in [-0.2, -0.15) is 0 Å². The number of anilines is 1. The fourth-order valence-corrected chi connectivity index (χ4v) is 3.40. The zero-order valence-corrected chi connectivity index (χ0v) is 13.6. The SMILES string of the molecule is CC1CCN(C(=O)c2ccc(N3CCCCCC3)cn2)CC1. The van der Waals surface area contributed by atoms with Crippen molar-refractivity contribution in [3.05, 3.63) is 24.0 Å². The van der Waals surface area contributed by atoms with E-state index in [4.69, 9.17) is 0 Å². The van der Waals surface area contributed by atoms with E-state index >= 15 is 0 Å². The summed E-state index contributed by atoms with van der Waals surface area (Å²) in [5, 5.41) is 0. The third kappa shape index (κ3) is 3.60. The summed E-state index contributed by atoms with van der Waals surface area (Å²) in [5.74, 6) is 0.830. The maximum atomic E-state index is 12.5. The molecule has 0 spiro atoms. The predicted octanol–water partition coefficient (Wildman–Crippen LogP) is 3.33. The molecule has 120 valence electrons. The number of hydrogen-bond acceptors (Lipinski definition) is 3.